The molecule has 2 aliphatic rings. The Morgan fingerprint density at radius 3 is 2.43 bits per heavy atom. The molecule has 1 saturated carbocycles. The highest BCUT2D eigenvalue weighted by Crippen LogP contribution is 2.34. The quantitative estimate of drug-likeness (QED) is 0.825. The Morgan fingerprint density at radius 2 is 1.86 bits per heavy atom. The van der Waals surface area contributed by atoms with Gasteiger partial charge in [-0.2, -0.15) is 0 Å². The molecule has 0 aromatic carbocycles. The number of sulfone groups is 1. The van der Waals surface area contributed by atoms with E-state index in [-0.39, 0.29) is 17.5 Å². The van der Waals surface area contributed by atoms with E-state index in [2.05, 4.69) is 10.6 Å². The van der Waals surface area contributed by atoms with E-state index in [9.17, 15) is 13.2 Å². The van der Waals surface area contributed by atoms with Crippen molar-refractivity contribution in [3.05, 3.63) is 0 Å². The summed E-state index contributed by atoms with van der Waals surface area (Å²) >= 11 is 0. The Balaban J connectivity index is 2.01. The first kappa shape index (κ1) is 16.7. The molecular formula is C15H28N2O3S. The third-order valence-corrected chi connectivity index (χ3v) is 7.29. The summed E-state index contributed by atoms with van der Waals surface area (Å²) in [5.41, 5.74) is 0.156. The lowest BCUT2D eigenvalue weighted by molar-refractivity contribution is -0.124. The van der Waals surface area contributed by atoms with Crippen LogP contribution in [-0.4, -0.2) is 43.5 Å². The van der Waals surface area contributed by atoms with Crippen molar-refractivity contribution >= 4 is 15.7 Å². The number of rotatable bonds is 3. The summed E-state index contributed by atoms with van der Waals surface area (Å²) in [6.45, 7) is 3.86. The van der Waals surface area contributed by atoms with Crippen molar-refractivity contribution in [3.63, 3.8) is 0 Å². The van der Waals surface area contributed by atoms with Gasteiger partial charge in [-0.3, -0.25) is 4.79 Å². The number of amides is 1. The Bertz CT molecular complexity index is 488. The lowest BCUT2D eigenvalue weighted by Crippen LogP contribution is -2.59. The van der Waals surface area contributed by atoms with Gasteiger partial charge in [-0.1, -0.05) is 19.3 Å². The summed E-state index contributed by atoms with van der Waals surface area (Å²) in [4.78, 5) is 12.3. The summed E-state index contributed by atoms with van der Waals surface area (Å²) in [7, 11) is -3.41. The lowest BCUT2D eigenvalue weighted by atomic mass is 9.75. The molecule has 6 heteroatoms. The van der Waals surface area contributed by atoms with Crippen molar-refractivity contribution in [1.82, 2.24) is 10.6 Å². The van der Waals surface area contributed by atoms with Gasteiger partial charge in [-0.05, 0) is 46.1 Å². The third-order valence-electron chi connectivity index (χ3n) is 5.25. The summed E-state index contributed by atoms with van der Waals surface area (Å²) in [6.07, 6.45) is 9.00. The van der Waals surface area contributed by atoms with Crippen molar-refractivity contribution in [2.75, 3.05) is 12.8 Å². The van der Waals surface area contributed by atoms with Crippen LogP contribution in [0.1, 0.15) is 58.8 Å². The number of carbonyl (C=O) groups excluding carboxylic acids is 1. The van der Waals surface area contributed by atoms with Crippen LogP contribution in [0.2, 0.25) is 0 Å². The van der Waals surface area contributed by atoms with Gasteiger partial charge in [0, 0.05) is 17.8 Å². The second-order valence-corrected chi connectivity index (χ2v) is 9.78. The average molecular weight is 316 g/mol. The third kappa shape index (κ3) is 3.59. The SMILES string of the molecule is CC(C)(C(=O)NC1CCNC2(CCCCC2)C1)S(C)(=O)=O. The molecule has 2 rings (SSSR count). The van der Waals surface area contributed by atoms with Crippen LogP contribution in [-0.2, 0) is 14.6 Å². The van der Waals surface area contributed by atoms with Crippen molar-refractivity contribution in [2.24, 2.45) is 0 Å². The first-order valence-electron chi connectivity index (χ1n) is 7.92. The largest absolute Gasteiger partial charge is 0.352 e. The van der Waals surface area contributed by atoms with Gasteiger partial charge in [-0.15, -0.1) is 0 Å². The first-order chi connectivity index (χ1) is 9.66. The van der Waals surface area contributed by atoms with Crippen LogP contribution in [0.4, 0.5) is 0 Å². The number of piperidine rings is 1. The highest BCUT2D eigenvalue weighted by Gasteiger charge is 2.42. The number of hydrogen-bond donors (Lipinski definition) is 2. The highest BCUT2D eigenvalue weighted by molar-refractivity contribution is 7.92. The topological polar surface area (TPSA) is 75.3 Å². The van der Waals surface area contributed by atoms with Crippen LogP contribution in [0.25, 0.3) is 0 Å². The predicted molar refractivity (Wildman–Crippen MR) is 83.9 cm³/mol. The minimum atomic E-state index is -3.41. The molecule has 1 saturated heterocycles. The molecule has 0 aromatic rings. The van der Waals surface area contributed by atoms with Crippen molar-refractivity contribution < 1.29 is 13.2 Å². The molecule has 1 unspecified atom stereocenters. The molecule has 0 aromatic heterocycles. The van der Waals surface area contributed by atoms with E-state index in [1.807, 2.05) is 0 Å². The van der Waals surface area contributed by atoms with E-state index >= 15 is 0 Å². The molecule has 5 nitrogen and oxygen atoms in total. The van der Waals surface area contributed by atoms with Crippen LogP contribution in [0, 0.1) is 0 Å². The van der Waals surface area contributed by atoms with E-state index in [0.29, 0.717) is 0 Å². The van der Waals surface area contributed by atoms with Gasteiger partial charge in [0.05, 0.1) is 0 Å². The molecule has 0 bridgehead atoms. The molecule has 1 aliphatic carbocycles. The summed E-state index contributed by atoms with van der Waals surface area (Å²) in [5, 5.41) is 6.62. The van der Waals surface area contributed by atoms with Gasteiger partial charge in [0.25, 0.3) is 0 Å². The first-order valence-corrected chi connectivity index (χ1v) is 9.81. The van der Waals surface area contributed by atoms with Gasteiger partial charge in [-0.25, -0.2) is 8.42 Å². The fourth-order valence-corrected chi connectivity index (χ4v) is 3.81. The Morgan fingerprint density at radius 1 is 1.24 bits per heavy atom. The molecule has 0 radical (unpaired) electrons. The molecule has 1 atom stereocenters. The number of hydrogen-bond acceptors (Lipinski definition) is 4. The monoisotopic (exact) mass is 316 g/mol. The molecule has 122 valence electrons. The van der Waals surface area contributed by atoms with Crippen LogP contribution in [0.15, 0.2) is 0 Å². The number of carbonyl (C=O) groups is 1. The van der Waals surface area contributed by atoms with E-state index in [1.54, 1.807) is 0 Å². The number of nitrogens with one attached hydrogen (secondary N) is 2. The van der Waals surface area contributed by atoms with Gasteiger partial charge in [0.2, 0.25) is 5.91 Å². The van der Waals surface area contributed by atoms with Crippen molar-refractivity contribution in [2.45, 2.75) is 75.1 Å². The van der Waals surface area contributed by atoms with Crippen LogP contribution in [0.3, 0.4) is 0 Å². The van der Waals surface area contributed by atoms with Gasteiger partial charge in [0.1, 0.15) is 4.75 Å². The van der Waals surface area contributed by atoms with E-state index < -0.39 is 14.6 Å². The maximum atomic E-state index is 12.3. The molecule has 1 spiro atoms. The van der Waals surface area contributed by atoms with Gasteiger partial charge < -0.3 is 10.6 Å². The zero-order valence-electron chi connectivity index (χ0n) is 13.4. The Hall–Kier alpha value is -0.620. The van der Waals surface area contributed by atoms with Crippen molar-refractivity contribution in [3.8, 4) is 0 Å². The van der Waals surface area contributed by atoms with Crippen LogP contribution >= 0.6 is 0 Å². The second-order valence-electron chi connectivity index (χ2n) is 7.21. The minimum Gasteiger partial charge on any atom is -0.352 e. The second kappa shape index (κ2) is 5.88. The lowest BCUT2D eigenvalue weighted by Gasteiger charge is -2.45. The van der Waals surface area contributed by atoms with Crippen molar-refractivity contribution in [1.29, 1.82) is 0 Å². The maximum absolute atomic E-state index is 12.3. The zero-order chi connectivity index (χ0) is 15.7. The summed E-state index contributed by atoms with van der Waals surface area (Å²) < 4.78 is 22.2. The van der Waals surface area contributed by atoms with Crippen LogP contribution < -0.4 is 10.6 Å². The van der Waals surface area contributed by atoms with E-state index in [0.717, 1.165) is 38.5 Å². The normalized spacial score (nSPS) is 26.5. The zero-order valence-corrected chi connectivity index (χ0v) is 14.2. The maximum Gasteiger partial charge on any atom is 0.241 e. The predicted octanol–water partition coefficient (Wildman–Crippen LogP) is 1.38. The van der Waals surface area contributed by atoms with Gasteiger partial charge in [0.15, 0.2) is 9.84 Å². The average Bonchev–Trinajstić information content (AvgIpc) is 2.38. The van der Waals surface area contributed by atoms with E-state index in [4.69, 9.17) is 0 Å². The van der Waals surface area contributed by atoms with E-state index in [1.165, 1.54) is 33.1 Å². The Kier molecular flexibility index (Phi) is 4.69. The van der Waals surface area contributed by atoms with Gasteiger partial charge >= 0.3 is 0 Å². The molecule has 1 aliphatic heterocycles. The smallest absolute Gasteiger partial charge is 0.241 e. The van der Waals surface area contributed by atoms with Crippen LogP contribution in [0.5, 0.6) is 0 Å². The minimum absolute atomic E-state index is 0.0814. The fraction of sp³-hybridized carbons (Fsp3) is 0.933. The standard InChI is InChI=1S/C15H28N2O3S/c1-14(2,21(3,19)20)13(18)17-12-7-10-16-15(11-12)8-5-4-6-9-15/h12,16H,4-11H2,1-3H3,(H,17,18). The molecular weight excluding hydrogens is 288 g/mol. The molecule has 21 heavy (non-hydrogen) atoms. The molecule has 1 amide bonds. The summed E-state index contributed by atoms with van der Waals surface area (Å²) in [6, 6.07) is 0.0814. The highest BCUT2D eigenvalue weighted by atomic mass is 32.2. The fourth-order valence-electron chi connectivity index (χ4n) is 3.42. The molecule has 1 heterocycles. The Labute approximate surface area is 128 Å². The summed E-state index contributed by atoms with van der Waals surface area (Å²) in [5.74, 6) is -0.372. The molecule has 2 N–H and O–H groups in total. The molecule has 2 fully saturated rings.